The zero-order valence-electron chi connectivity index (χ0n) is 11.1. The molecule has 0 atom stereocenters. The quantitative estimate of drug-likeness (QED) is 0.462. The molecule has 0 radical (unpaired) electrons. The Kier molecular flexibility index (Phi) is 5.47. The predicted octanol–water partition coefficient (Wildman–Crippen LogP) is 3.84. The van der Waals surface area contributed by atoms with Gasteiger partial charge in [0.25, 0.3) is 0 Å². The van der Waals surface area contributed by atoms with Gasteiger partial charge in [0.05, 0.1) is 5.56 Å². The summed E-state index contributed by atoms with van der Waals surface area (Å²) in [5.74, 6) is 1.17. The maximum Gasteiger partial charge on any atom is 0.131 e. The van der Waals surface area contributed by atoms with Gasteiger partial charge in [-0.2, -0.15) is 0 Å². The Labute approximate surface area is 136 Å². The van der Waals surface area contributed by atoms with Crippen LogP contribution < -0.4 is 15.2 Å². The lowest BCUT2D eigenvalue weighted by atomic mass is 10.2. The summed E-state index contributed by atoms with van der Waals surface area (Å²) in [6, 6.07) is 12.5. The highest BCUT2D eigenvalue weighted by Gasteiger charge is 2.07. The molecule has 0 fully saturated rings. The lowest BCUT2D eigenvalue weighted by Crippen LogP contribution is -2.15. The molecule has 6 heteroatoms. The number of nitrogens with one attached hydrogen (secondary N) is 1. The molecule has 0 heterocycles. The average Bonchev–Trinajstić information content (AvgIpc) is 2.43. The Morgan fingerprint density at radius 1 is 1.14 bits per heavy atom. The van der Waals surface area contributed by atoms with E-state index in [2.05, 4.69) is 15.9 Å². The number of nitrogen functional groups attached to an aromatic ring is 1. The number of hydrogen-bond donors (Lipinski definition) is 2. The Morgan fingerprint density at radius 2 is 1.90 bits per heavy atom. The summed E-state index contributed by atoms with van der Waals surface area (Å²) in [6.45, 7) is 0.702. The minimum absolute atomic E-state index is 0.0606. The van der Waals surface area contributed by atoms with E-state index in [1.807, 2.05) is 24.3 Å². The third-order valence-electron chi connectivity index (χ3n) is 2.64. The molecular formula is C15H14BrClN2O2. The third-order valence-corrected chi connectivity index (χ3v) is 3.37. The van der Waals surface area contributed by atoms with Crippen LogP contribution >= 0.6 is 27.5 Å². The minimum Gasteiger partial charge on any atom is -0.490 e. The van der Waals surface area contributed by atoms with Crippen LogP contribution in [0.2, 0.25) is 5.02 Å². The van der Waals surface area contributed by atoms with Crippen molar-refractivity contribution in [2.45, 2.75) is 0 Å². The van der Waals surface area contributed by atoms with E-state index in [1.54, 1.807) is 18.2 Å². The van der Waals surface area contributed by atoms with E-state index in [0.717, 1.165) is 10.2 Å². The summed E-state index contributed by atoms with van der Waals surface area (Å²) in [4.78, 5) is 0. The van der Waals surface area contributed by atoms with Gasteiger partial charge in [-0.25, -0.2) is 0 Å². The molecule has 0 aliphatic heterocycles. The maximum atomic E-state index is 7.50. The summed E-state index contributed by atoms with van der Waals surface area (Å²) < 4.78 is 12.1. The van der Waals surface area contributed by atoms with E-state index in [4.69, 9.17) is 32.2 Å². The van der Waals surface area contributed by atoms with Crippen LogP contribution in [0.4, 0.5) is 0 Å². The summed E-state index contributed by atoms with van der Waals surface area (Å²) >= 11 is 9.30. The van der Waals surface area contributed by atoms with Crippen LogP contribution in [0.3, 0.4) is 0 Å². The SMILES string of the molecule is N=C(N)c1ccc(Cl)cc1OCCOc1cccc(Br)c1. The van der Waals surface area contributed by atoms with Crippen molar-refractivity contribution in [1.82, 2.24) is 0 Å². The number of amidine groups is 1. The van der Waals surface area contributed by atoms with Crippen LogP contribution in [0.1, 0.15) is 5.56 Å². The minimum atomic E-state index is -0.0606. The van der Waals surface area contributed by atoms with Gasteiger partial charge in [-0.3, -0.25) is 5.41 Å². The van der Waals surface area contributed by atoms with Crippen molar-refractivity contribution in [3.63, 3.8) is 0 Å². The number of halogens is 2. The molecule has 3 N–H and O–H groups in total. The standard InChI is InChI=1S/C15H14BrClN2O2/c16-10-2-1-3-12(8-10)20-6-7-21-14-9-11(17)4-5-13(14)15(18)19/h1-5,8-9H,6-7H2,(H3,18,19). The first-order chi connectivity index (χ1) is 10.1. The van der Waals surface area contributed by atoms with Gasteiger partial charge in [0.1, 0.15) is 30.5 Å². The first-order valence-corrected chi connectivity index (χ1v) is 7.38. The van der Waals surface area contributed by atoms with Crippen LogP contribution in [-0.2, 0) is 0 Å². The Hall–Kier alpha value is -1.72. The van der Waals surface area contributed by atoms with Crippen LogP contribution in [0.25, 0.3) is 0 Å². The molecule has 4 nitrogen and oxygen atoms in total. The van der Waals surface area contributed by atoms with Gasteiger partial charge < -0.3 is 15.2 Å². The van der Waals surface area contributed by atoms with Crippen molar-refractivity contribution in [3.05, 3.63) is 57.5 Å². The molecule has 0 aromatic heterocycles. The van der Waals surface area contributed by atoms with Gasteiger partial charge in [-0.15, -0.1) is 0 Å². The van der Waals surface area contributed by atoms with Crippen molar-refractivity contribution in [2.24, 2.45) is 5.73 Å². The first kappa shape index (κ1) is 15.7. The zero-order valence-corrected chi connectivity index (χ0v) is 13.4. The Balaban J connectivity index is 1.91. The van der Waals surface area contributed by atoms with Gasteiger partial charge >= 0.3 is 0 Å². The topological polar surface area (TPSA) is 68.3 Å². The van der Waals surface area contributed by atoms with Crippen molar-refractivity contribution >= 4 is 33.4 Å². The molecule has 0 bridgehead atoms. The van der Waals surface area contributed by atoms with Gasteiger partial charge in [0.15, 0.2) is 0 Å². The lowest BCUT2D eigenvalue weighted by Gasteiger charge is -2.12. The zero-order chi connectivity index (χ0) is 15.2. The number of rotatable bonds is 6. The highest BCUT2D eigenvalue weighted by Crippen LogP contribution is 2.23. The van der Waals surface area contributed by atoms with Crippen LogP contribution in [0, 0.1) is 5.41 Å². The second-order valence-electron chi connectivity index (χ2n) is 4.21. The number of ether oxygens (including phenoxy) is 2. The average molecular weight is 370 g/mol. The summed E-state index contributed by atoms with van der Waals surface area (Å²) in [6.07, 6.45) is 0. The second kappa shape index (κ2) is 7.33. The summed E-state index contributed by atoms with van der Waals surface area (Å²) in [5, 5.41) is 8.03. The summed E-state index contributed by atoms with van der Waals surface area (Å²) in [5.41, 5.74) is 6.02. The normalized spacial score (nSPS) is 10.2. The van der Waals surface area contributed by atoms with Crippen molar-refractivity contribution in [2.75, 3.05) is 13.2 Å². The van der Waals surface area contributed by atoms with Crippen molar-refractivity contribution < 1.29 is 9.47 Å². The molecule has 0 unspecified atom stereocenters. The smallest absolute Gasteiger partial charge is 0.131 e. The van der Waals surface area contributed by atoms with Gasteiger partial charge in [0.2, 0.25) is 0 Å². The Bertz CT molecular complexity index is 649. The molecule has 0 amide bonds. The maximum absolute atomic E-state index is 7.50. The number of hydrogen-bond acceptors (Lipinski definition) is 3. The van der Waals surface area contributed by atoms with Crippen molar-refractivity contribution in [1.29, 1.82) is 5.41 Å². The molecule has 110 valence electrons. The molecule has 0 saturated heterocycles. The van der Waals surface area contributed by atoms with E-state index in [1.165, 1.54) is 0 Å². The molecular weight excluding hydrogens is 356 g/mol. The molecule has 2 aromatic rings. The number of nitrogens with two attached hydrogens (primary N) is 1. The van der Waals surface area contributed by atoms with Crippen LogP contribution in [0.5, 0.6) is 11.5 Å². The van der Waals surface area contributed by atoms with Crippen LogP contribution in [0.15, 0.2) is 46.9 Å². The van der Waals surface area contributed by atoms with Gasteiger partial charge in [-0.05, 0) is 36.4 Å². The van der Waals surface area contributed by atoms with E-state index in [-0.39, 0.29) is 5.84 Å². The van der Waals surface area contributed by atoms with E-state index < -0.39 is 0 Å². The Morgan fingerprint density at radius 3 is 2.62 bits per heavy atom. The predicted molar refractivity (Wildman–Crippen MR) is 87.6 cm³/mol. The monoisotopic (exact) mass is 368 g/mol. The fourth-order valence-electron chi connectivity index (χ4n) is 1.71. The van der Waals surface area contributed by atoms with Gasteiger partial charge in [-0.1, -0.05) is 33.6 Å². The molecule has 0 spiro atoms. The third kappa shape index (κ3) is 4.65. The second-order valence-corrected chi connectivity index (χ2v) is 5.56. The summed E-state index contributed by atoms with van der Waals surface area (Å²) in [7, 11) is 0. The highest BCUT2D eigenvalue weighted by molar-refractivity contribution is 9.10. The molecule has 21 heavy (non-hydrogen) atoms. The molecule has 0 aliphatic rings. The molecule has 0 aliphatic carbocycles. The van der Waals surface area contributed by atoms with E-state index >= 15 is 0 Å². The van der Waals surface area contributed by atoms with Crippen LogP contribution in [-0.4, -0.2) is 19.0 Å². The number of benzene rings is 2. The lowest BCUT2D eigenvalue weighted by molar-refractivity contribution is 0.217. The van der Waals surface area contributed by atoms with Crippen molar-refractivity contribution in [3.8, 4) is 11.5 Å². The van der Waals surface area contributed by atoms with E-state index in [9.17, 15) is 0 Å². The van der Waals surface area contributed by atoms with Gasteiger partial charge in [0, 0.05) is 9.50 Å². The molecule has 2 aromatic carbocycles. The largest absolute Gasteiger partial charge is 0.490 e. The molecule has 0 saturated carbocycles. The first-order valence-electron chi connectivity index (χ1n) is 6.21. The fourth-order valence-corrected chi connectivity index (χ4v) is 2.25. The van der Waals surface area contributed by atoms with E-state index in [0.29, 0.717) is 29.5 Å². The molecule has 2 rings (SSSR count). The fraction of sp³-hybridized carbons (Fsp3) is 0.133. The highest BCUT2D eigenvalue weighted by atomic mass is 79.9.